The number of piperazine rings is 1. The van der Waals surface area contributed by atoms with Crippen molar-refractivity contribution in [3.63, 3.8) is 0 Å². The van der Waals surface area contributed by atoms with Crippen LogP contribution < -0.4 is 10.4 Å². The van der Waals surface area contributed by atoms with Gasteiger partial charge in [0, 0.05) is 44.2 Å². The quantitative estimate of drug-likeness (QED) is 0.573. The number of rotatable bonds is 4. The average Bonchev–Trinajstić information content (AvgIpc) is 3.14. The lowest BCUT2D eigenvalue weighted by Crippen LogP contribution is -2.48. The van der Waals surface area contributed by atoms with E-state index in [1.165, 1.54) is 6.07 Å². The molecule has 0 radical (unpaired) electrons. The molecule has 0 atom stereocenters. The van der Waals surface area contributed by atoms with Gasteiger partial charge < -0.3 is 18.5 Å². The molecule has 1 amide bonds. The van der Waals surface area contributed by atoms with Crippen LogP contribution >= 0.6 is 15.9 Å². The van der Waals surface area contributed by atoms with Crippen molar-refractivity contribution in [1.82, 2.24) is 9.80 Å². The second-order valence-corrected chi connectivity index (χ2v) is 7.41. The van der Waals surface area contributed by atoms with Gasteiger partial charge in [-0.15, -0.1) is 0 Å². The van der Waals surface area contributed by atoms with E-state index >= 15 is 0 Å². The van der Waals surface area contributed by atoms with E-state index < -0.39 is 0 Å². The Morgan fingerprint density at radius 3 is 2.57 bits per heavy atom. The Labute approximate surface area is 169 Å². The number of methoxy groups -OCH3 is 1. The monoisotopic (exact) mass is 446 g/mol. The van der Waals surface area contributed by atoms with E-state index in [9.17, 15) is 9.59 Å². The van der Waals surface area contributed by atoms with Gasteiger partial charge in [0.1, 0.15) is 11.3 Å². The van der Waals surface area contributed by atoms with Gasteiger partial charge in [0.25, 0.3) is 5.91 Å². The van der Waals surface area contributed by atoms with Crippen LogP contribution in [0.2, 0.25) is 0 Å². The molecule has 1 aliphatic heterocycles. The summed E-state index contributed by atoms with van der Waals surface area (Å²) in [4.78, 5) is 28.4. The molecule has 0 N–H and O–H groups in total. The normalized spacial score (nSPS) is 15.1. The first-order valence-electron chi connectivity index (χ1n) is 8.91. The van der Waals surface area contributed by atoms with Gasteiger partial charge in [0.15, 0.2) is 10.4 Å². The van der Waals surface area contributed by atoms with Crippen LogP contribution in [-0.4, -0.2) is 49.0 Å². The second-order valence-electron chi connectivity index (χ2n) is 6.62. The van der Waals surface area contributed by atoms with Crippen LogP contribution in [0.4, 0.5) is 0 Å². The van der Waals surface area contributed by atoms with Gasteiger partial charge in [0.2, 0.25) is 0 Å². The molecule has 0 spiro atoms. The van der Waals surface area contributed by atoms with Crippen LogP contribution in [0.15, 0.2) is 54.7 Å². The number of nitrogens with zero attached hydrogens (tertiary/aromatic N) is 2. The molecule has 3 heterocycles. The summed E-state index contributed by atoms with van der Waals surface area (Å²) in [5, 5.41) is 0.859. The summed E-state index contributed by atoms with van der Waals surface area (Å²) >= 11 is 3.22. The van der Waals surface area contributed by atoms with Crippen LogP contribution in [0, 0.1) is 0 Å². The Morgan fingerprint density at radius 2 is 1.89 bits per heavy atom. The van der Waals surface area contributed by atoms with Gasteiger partial charge in [0.05, 0.1) is 7.11 Å². The molecule has 28 heavy (non-hydrogen) atoms. The number of furan rings is 1. The highest BCUT2D eigenvalue weighted by Crippen LogP contribution is 2.24. The number of hydrogen-bond donors (Lipinski definition) is 0. The number of carbonyl (C=O) groups is 1. The van der Waals surface area contributed by atoms with Crippen LogP contribution in [0.3, 0.4) is 0 Å². The molecule has 3 aromatic rings. The highest BCUT2D eigenvalue weighted by molar-refractivity contribution is 9.10. The van der Waals surface area contributed by atoms with E-state index in [1.807, 2.05) is 6.07 Å². The zero-order valence-electron chi connectivity index (χ0n) is 15.3. The van der Waals surface area contributed by atoms with Crippen LogP contribution in [0.25, 0.3) is 11.0 Å². The molecule has 0 unspecified atom stereocenters. The summed E-state index contributed by atoms with van der Waals surface area (Å²) in [6.45, 7) is 3.21. The maximum absolute atomic E-state index is 12.5. The summed E-state index contributed by atoms with van der Waals surface area (Å²) in [6.07, 6.45) is 0. The number of ether oxygens (including phenoxy) is 1. The molecule has 0 aliphatic carbocycles. The number of hydrogen-bond acceptors (Lipinski definition) is 6. The van der Waals surface area contributed by atoms with Gasteiger partial charge in [-0.2, -0.15) is 0 Å². The minimum absolute atomic E-state index is 0.110. The molecule has 1 saturated heterocycles. The lowest BCUT2D eigenvalue weighted by atomic mass is 10.1. The van der Waals surface area contributed by atoms with E-state index in [0.29, 0.717) is 54.5 Å². The maximum Gasteiger partial charge on any atom is 0.336 e. The third kappa shape index (κ3) is 3.83. The molecule has 1 fully saturated rings. The molecule has 1 aromatic carbocycles. The summed E-state index contributed by atoms with van der Waals surface area (Å²) in [5.41, 5.74) is 1.06. The Hall–Kier alpha value is -2.58. The van der Waals surface area contributed by atoms with Crippen LogP contribution in [0.1, 0.15) is 16.1 Å². The average molecular weight is 447 g/mol. The highest BCUT2D eigenvalue weighted by atomic mass is 79.9. The summed E-state index contributed by atoms with van der Waals surface area (Å²) in [5.74, 6) is 0.933. The summed E-state index contributed by atoms with van der Waals surface area (Å²) in [6, 6.07) is 10.3. The van der Waals surface area contributed by atoms with Crippen molar-refractivity contribution < 1.29 is 18.4 Å². The molecule has 8 heteroatoms. The van der Waals surface area contributed by atoms with E-state index in [4.69, 9.17) is 13.6 Å². The fraction of sp³-hybridized carbons (Fsp3) is 0.300. The second kappa shape index (κ2) is 7.81. The van der Waals surface area contributed by atoms with Crippen molar-refractivity contribution in [1.29, 1.82) is 0 Å². The predicted molar refractivity (Wildman–Crippen MR) is 107 cm³/mol. The Balaban J connectivity index is 1.47. The van der Waals surface area contributed by atoms with E-state index in [1.54, 1.807) is 36.3 Å². The van der Waals surface area contributed by atoms with E-state index in [0.717, 1.165) is 10.9 Å². The lowest BCUT2D eigenvalue weighted by Gasteiger charge is -2.34. The molecule has 0 bridgehead atoms. The zero-order valence-corrected chi connectivity index (χ0v) is 16.9. The molecule has 7 nitrogen and oxygen atoms in total. The predicted octanol–water partition coefficient (Wildman–Crippen LogP) is 3.12. The van der Waals surface area contributed by atoms with Crippen LogP contribution in [0.5, 0.6) is 5.75 Å². The van der Waals surface area contributed by atoms with E-state index in [2.05, 4.69) is 20.8 Å². The first-order valence-corrected chi connectivity index (χ1v) is 9.70. The van der Waals surface area contributed by atoms with Gasteiger partial charge in [-0.3, -0.25) is 9.69 Å². The molecular formula is C20H19BrN2O5. The molecule has 4 rings (SSSR count). The van der Waals surface area contributed by atoms with Crippen LogP contribution in [-0.2, 0) is 6.54 Å². The van der Waals surface area contributed by atoms with Gasteiger partial charge in [-0.1, -0.05) is 0 Å². The lowest BCUT2D eigenvalue weighted by molar-refractivity contribution is 0.0597. The molecule has 2 aromatic heterocycles. The van der Waals surface area contributed by atoms with Crippen molar-refractivity contribution in [3.05, 3.63) is 62.8 Å². The molecule has 1 aliphatic rings. The highest BCUT2D eigenvalue weighted by Gasteiger charge is 2.24. The first-order chi connectivity index (χ1) is 13.5. The molecule has 0 saturated carbocycles. The van der Waals surface area contributed by atoms with Gasteiger partial charge in [-0.05, 0) is 51.8 Å². The minimum atomic E-state index is -0.370. The first kappa shape index (κ1) is 18.8. The standard InChI is InChI=1S/C20H19BrN2O5/c1-26-14-2-3-16-15(11-14)13(10-19(24)28-16)12-22-6-8-23(9-7-22)20(25)17-4-5-18(21)27-17/h2-5,10-11H,6-9,12H2,1H3. The maximum atomic E-state index is 12.5. The largest absolute Gasteiger partial charge is 0.497 e. The smallest absolute Gasteiger partial charge is 0.336 e. The van der Waals surface area contributed by atoms with Gasteiger partial charge in [-0.25, -0.2) is 4.79 Å². The van der Waals surface area contributed by atoms with Crippen molar-refractivity contribution in [3.8, 4) is 5.75 Å². The molecular weight excluding hydrogens is 428 g/mol. The van der Waals surface area contributed by atoms with Crippen molar-refractivity contribution in [2.24, 2.45) is 0 Å². The minimum Gasteiger partial charge on any atom is -0.497 e. The number of carbonyl (C=O) groups excluding carboxylic acids is 1. The van der Waals surface area contributed by atoms with Crippen molar-refractivity contribution >= 4 is 32.8 Å². The number of benzene rings is 1. The van der Waals surface area contributed by atoms with E-state index in [-0.39, 0.29) is 11.5 Å². The number of fused-ring (bicyclic) bond motifs is 1. The number of halogens is 1. The zero-order chi connectivity index (χ0) is 19.7. The summed E-state index contributed by atoms with van der Waals surface area (Å²) < 4.78 is 16.5. The fourth-order valence-corrected chi connectivity index (χ4v) is 3.71. The SMILES string of the molecule is COc1ccc2oc(=O)cc(CN3CCN(C(=O)c4ccc(Br)o4)CC3)c2c1. The van der Waals surface area contributed by atoms with Crippen molar-refractivity contribution in [2.45, 2.75) is 6.54 Å². The van der Waals surface area contributed by atoms with Gasteiger partial charge >= 0.3 is 5.63 Å². The third-order valence-electron chi connectivity index (χ3n) is 4.87. The Kier molecular flexibility index (Phi) is 5.23. The summed E-state index contributed by atoms with van der Waals surface area (Å²) in [7, 11) is 1.60. The Morgan fingerprint density at radius 1 is 1.11 bits per heavy atom. The Bertz CT molecular complexity index is 1070. The number of amides is 1. The third-order valence-corrected chi connectivity index (χ3v) is 5.30. The topological polar surface area (TPSA) is 76.1 Å². The molecule has 146 valence electrons. The van der Waals surface area contributed by atoms with Crippen molar-refractivity contribution in [2.75, 3.05) is 33.3 Å². The fourth-order valence-electron chi connectivity index (χ4n) is 3.40.